The average Bonchev–Trinajstić information content (AvgIpc) is 2.74. The summed E-state index contributed by atoms with van der Waals surface area (Å²) in [6.45, 7) is 6.29. The molecule has 0 saturated carbocycles. The predicted molar refractivity (Wildman–Crippen MR) is 128 cm³/mol. The maximum absolute atomic E-state index is 11.9. The van der Waals surface area contributed by atoms with Crippen molar-refractivity contribution in [1.29, 1.82) is 0 Å². The monoisotopic (exact) mass is 440 g/mol. The van der Waals surface area contributed by atoms with Gasteiger partial charge < -0.3 is 15.3 Å². The quantitative estimate of drug-likeness (QED) is 0.111. The van der Waals surface area contributed by atoms with Crippen LogP contribution in [0.25, 0.3) is 0 Å². The van der Waals surface area contributed by atoms with Crippen LogP contribution in [0.2, 0.25) is 0 Å². The number of amides is 1. The highest BCUT2D eigenvalue weighted by molar-refractivity contribution is 5.78. The Bertz CT molecular complexity index is 482. The molecule has 1 atom stereocenters. The molecule has 31 heavy (non-hydrogen) atoms. The zero-order chi connectivity index (χ0) is 23.2. The molecule has 0 spiro atoms. The zero-order valence-electron chi connectivity index (χ0n) is 20.3. The van der Waals surface area contributed by atoms with Gasteiger partial charge in [0.1, 0.15) is 5.54 Å². The fourth-order valence-electron chi connectivity index (χ4n) is 3.33. The summed E-state index contributed by atoms with van der Waals surface area (Å²) in [4.78, 5) is 28.3. The predicted octanol–water partition coefficient (Wildman–Crippen LogP) is 5.91. The van der Waals surface area contributed by atoms with Gasteiger partial charge in [0.25, 0.3) is 0 Å². The van der Waals surface area contributed by atoms with Crippen LogP contribution >= 0.6 is 0 Å². The molecule has 0 fully saturated rings. The molecule has 0 heterocycles. The number of aliphatic carboxylic acids is 1. The molecule has 0 radical (unpaired) electrons. The molecule has 3 N–H and O–H groups in total. The van der Waals surface area contributed by atoms with Crippen molar-refractivity contribution in [2.45, 2.75) is 123 Å². The lowest BCUT2D eigenvalue weighted by Gasteiger charge is -2.25. The van der Waals surface area contributed by atoms with E-state index in [-0.39, 0.29) is 12.3 Å². The maximum atomic E-state index is 11.9. The molecule has 0 aromatic carbocycles. The van der Waals surface area contributed by atoms with E-state index in [9.17, 15) is 14.7 Å². The van der Waals surface area contributed by atoms with Crippen LogP contribution in [-0.2, 0) is 14.4 Å². The fraction of sp³-hybridized carbons (Fsp3) is 0.840. The number of carboxylic acids is 1. The molecule has 0 aromatic rings. The number of hydrogen-bond acceptors (Lipinski definition) is 4. The van der Waals surface area contributed by atoms with Gasteiger partial charge in [-0.05, 0) is 52.4 Å². The second-order valence-corrected chi connectivity index (χ2v) is 8.61. The Balaban J connectivity index is 3.55. The Hall–Kier alpha value is -1.40. The first-order chi connectivity index (χ1) is 15.0. The van der Waals surface area contributed by atoms with E-state index in [0.717, 1.165) is 25.7 Å². The molecule has 0 aliphatic heterocycles. The van der Waals surface area contributed by atoms with Crippen molar-refractivity contribution in [3.63, 3.8) is 0 Å². The molecule has 0 bridgehead atoms. The average molecular weight is 441 g/mol. The van der Waals surface area contributed by atoms with Gasteiger partial charge in [0, 0.05) is 13.0 Å². The van der Waals surface area contributed by atoms with E-state index < -0.39 is 11.5 Å². The minimum absolute atomic E-state index is 0.0122. The summed E-state index contributed by atoms with van der Waals surface area (Å²) >= 11 is 0. The van der Waals surface area contributed by atoms with Crippen LogP contribution in [0.3, 0.4) is 0 Å². The summed E-state index contributed by atoms with van der Waals surface area (Å²) in [5.41, 5.74) is 1.36. The van der Waals surface area contributed by atoms with Crippen molar-refractivity contribution in [3.8, 4) is 0 Å². The van der Waals surface area contributed by atoms with Crippen molar-refractivity contribution < 1.29 is 19.5 Å². The molecule has 0 rings (SSSR count). The van der Waals surface area contributed by atoms with Gasteiger partial charge in [-0.1, -0.05) is 70.4 Å². The van der Waals surface area contributed by atoms with Crippen molar-refractivity contribution in [2.75, 3.05) is 13.2 Å². The molecule has 182 valence electrons. The standard InChI is InChI=1S/C25H48N2O4/c1-4-6-7-8-9-10-11-12-13-14-15-16-17-18-19-20-23(28)26-22-21-25(3,24(29)30)27-31-5-2/h12-13,27H,4-11,14-22H2,1-3H3,(H,26,28)(H,29,30)/b13-12-. The van der Waals surface area contributed by atoms with Gasteiger partial charge >= 0.3 is 5.97 Å². The molecule has 0 aliphatic carbocycles. The SMILES string of the molecule is CCCCCCCC/C=C\CCCCCCCC(=O)NCCC(C)(NOCC)C(=O)O. The van der Waals surface area contributed by atoms with Crippen LogP contribution in [0.15, 0.2) is 12.2 Å². The van der Waals surface area contributed by atoms with Crippen LogP contribution in [0.4, 0.5) is 0 Å². The Morgan fingerprint density at radius 3 is 1.97 bits per heavy atom. The maximum Gasteiger partial charge on any atom is 0.325 e. The van der Waals surface area contributed by atoms with Gasteiger partial charge in [-0.15, -0.1) is 0 Å². The molecule has 0 aliphatic rings. The van der Waals surface area contributed by atoms with Gasteiger partial charge in [-0.25, -0.2) is 0 Å². The van der Waals surface area contributed by atoms with Crippen LogP contribution < -0.4 is 10.8 Å². The third-order valence-electron chi connectivity index (χ3n) is 5.53. The van der Waals surface area contributed by atoms with E-state index in [1.54, 1.807) is 13.8 Å². The van der Waals surface area contributed by atoms with Crippen LogP contribution in [-0.4, -0.2) is 35.7 Å². The van der Waals surface area contributed by atoms with Gasteiger partial charge in [-0.3, -0.25) is 9.59 Å². The third-order valence-corrected chi connectivity index (χ3v) is 5.53. The molecule has 0 saturated heterocycles. The minimum Gasteiger partial charge on any atom is -0.480 e. The van der Waals surface area contributed by atoms with Gasteiger partial charge in [0.05, 0.1) is 6.61 Å². The summed E-state index contributed by atoms with van der Waals surface area (Å²) in [6, 6.07) is 0. The van der Waals surface area contributed by atoms with Crippen LogP contribution in [0.1, 0.15) is 117 Å². The van der Waals surface area contributed by atoms with Gasteiger partial charge in [0.2, 0.25) is 5.91 Å². The topological polar surface area (TPSA) is 87.7 Å². The number of rotatable bonds is 22. The van der Waals surface area contributed by atoms with Crippen LogP contribution in [0, 0.1) is 0 Å². The highest BCUT2D eigenvalue weighted by atomic mass is 16.6. The van der Waals surface area contributed by atoms with Crippen molar-refractivity contribution in [2.24, 2.45) is 0 Å². The smallest absolute Gasteiger partial charge is 0.325 e. The molecular formula is C25H48N2O4. The Labute approximate surface area is 190 Å². The summed E-state index contributed by atoms with van der Waals surface area (Å²) in [6.07, 6.45) is 21.5. The lowest BCUT2D eigenvalue weighted by atomic mass is 9.99. The van der Waals surface area contributed by atoms with E-state index in [4.69, 9.17) is 4.84 Å². The van der Waals surface area contributed by atoms with E-state index in [1.165, 1.54) is 57.8 Å². The molecular weight excluding hydrogens is 392 g/mol. The molecule has 1 amide bonds. The normalized spacial score (nSPS) is 13.4. The second-order valence-electron chi connectivity index (χ2n) is 8.61. The first-order valence-corrected chi connectivity index (χ1v) is 12.5. The summed E-state index contributed by atoms with van der Waals surface area (Å²) < 4.78 is 0. The Morgan fingerprint density at radius 2 is 1.42 bits per heavy atom. The zero-order valence-corrected chi connectivity index (χ0v) is 20.3. The number of hydroxylamine groups is 1. The first-order valence-electron chi connectivity index (χ1n) is 12.5. The van der Waals surface area contributed by atoms with E-state index in [2.05, 4.69) is 29.9 Å². The van der Waals surface area contributed by atoms with Crippen molar-refractivity contribution >= 4 is 11.9 Å². The molecule has 0 aromatic heterocycles. The Kier molecular flexibility index (Phi) is 19.6. The number of nitrogens with one attached hydrogen (secondary N) is 2. The second kappa shape index (κ2) is 20.5. The fourth-order valence-corrected chi connectivity index (χ4v) is 3.33. The third kappa shape index (κ3) is 17.9. The first kappa shape index (κ1) is 29.6. The summed E-state index contributed by atoms with van der Waals surface area (Å²) in [7, 11) is 0. The van der Waals surface area contributed by atoms with Crippen LogP contribution in [0.5, 0.6) is 0 Å². The number of carbonyl (C=O) groups is 2. The van der Waals surface area contributed by atoms with Gasteiger partial charge in [-0.2, -0.15) is 5.48 Å². The van der Waals surface area contributed by atoms with Crippen molar-refractivity contribution in [1.82, 2.24) is 10.8 Å². The Morgan fingerprint density at radius 1 is 0.871 bits per heavy atom. The van der Waals surface area contributed by atoms with E-state index in [0.29, 0.717) is 19.6 Å². The molecule has 6 nitrogen and oxygen atoms in total. The van der Waals surface area contributed by atoms with E-state index in [1.807, 2.05) is 0 Å². The number of carboxylic acid groups (broad SMARTS) is 1. The summed E-state index contributed by atoms with van der Waals surface area (Å²) in [5, 5.41) is 12.1. The lowest BCUT2D eigenvalue weighted by molar-refractivity contribution is -0.152. The van der Waals surface area contributed by atoms with Crippen molar-refractivity contribution in [3.05, 3.63) is 12.2 Å². The molecule has 6 heteroatoms. The number of unbranched alkanes of at least 4 members (excludes halogenated alkanes) is 11. The highest BCUT2D eigenvalue weighted by Gasteiger charge is 2.33. The highest BCUT2D eigenvalue weighted by Crippen LogP contribution is 2.11. The minimum atomic E-state index is -1.20. The van der Waals surface area contributed by atoms with Gasteiger partial charge in [0.15, 0.2) is 0 Å². The number of allylic oxidation sites excluding steroid dienone is 2. The number of hydrogen-bond donors (Lipinski definition) is 3. The largest absolute Gasteiger partial charge is 0.480 e. The molecule has 1 unspecified atom stereocenters. The number of carbonyl (C=O) groups excluding carboxylic acids is 1. The van der Waals surface area contributed by atoms with E-state index >= 15 is 0 Å². The lowest BCUT2D eigenvalue weighted by Crippen LogP contribution is -2.51. The summed E-state index contributed by atoms with van der Waals surface area (Å²) in [5.74, 6) is -1.01.